The fourth-order valence-electron chi connectivity index (χ4n) is 3.30. The Labute approximate surface area is 171 Å². The molecule has 0 saturated carbocycles. The maximum atomic E-state index is 13.3. The Bertz CT molecular complexity index is 911. The van der Waals surface area contributed by atoms with E-state index in [0.717, 1.165) is 5.69 Å². The molecule has 1 fully saturated rings. The predicted molar refractivity (Wildman–Crippen MR) is 113 cm³/mol. The number of hydrogen-bond acceptors (Lipinski definition) is 5. The number of carbonyl (C=O) groups excluding carboxylic acids is 1. The van der Waals surface area contributed by atoms with Crippen LogP contribution in [0.4, 0.5) is 21.5 Å². The number of nitrogens with two attached hydrogens (primary N) is 2. The predicted octanol–water partition coefficient (Wildman–Crippen LogP) is 3.65. The van der Waals surface area contributed by atoms with E-state index >= 15 is 0 Å². The van der Waals surface area contributed by atoms with Gasteiger partial charge in [0, 0.05) is 30.8 Å². The lowest BCUT2D eigenvalue weighted by Crippen LogP contribution is -2.40. The standard InChI is InChI=1S/C20H22BrFN4O2/c1-28-18-10-13(23)2-5-17(18)26-8-6-12(7-9-26)19(27)20(24)25-14-3-4-16(22)15(21)11-14/h2-5,10-12H,6-9,23H2,1H3,(H2,24,25). The van der Waals surface area contributed by atoms with Gasteiger partial charge in [0.25, 0.3) is 0 Å². The zero-order chi connectivity index (χ0) is 20.3. The number of Topliss-reactive ketones (excluding diaryl/α,β-unsaturated/α-hetero) is 1. The molecule has 6 nitrogen and oxygen atoms in total. The number of amidine groups is 1. The number of nitrogen functional groups attached to an aromatic ring is 1. The number of aliphatic imine (C=N–C) groups is 1. The van der Waals surface area contributed by atoms with Crippen LogP contribution in [0.25, 0.3) is 0 Å². The molecule has 2 aromatic carbocycles. The molecular weight excluding hydrogens is 427 g/mol. The van der Waals surface area contributed by atoms with E-state index in [1.165, 1.54) is 18.2 Å². The minimum atomic E-state index is -0.394. The largest absolute Gasteiger partial charge is 0.495 e. The van der Waals surface area contributed by atoms with Crippen LogP contribution in [0.5, 0.6) is 5.75 Å². The molecule has 3 rings (SSSR count). The summed E-state index contributed by atoms with van der Waals surface area (Å²) < 4.78 is 19.0. The highest BCUT2D eigenvalue weighted by Crippen LogP contribution is 2.33. The maximum absolute atomic E-state index is 13.3. The van der Waals surface area contributed by atoms with Gasteiger partial charge in [-0.1, -0.05) is 0 Å². The van der Waals surface area contributed by atoms with E-state index in [-0.39, 0.29) is 22.0 Å². The second kappa shape index (κ2) is 8.60. The molecule has 28 heavy (non-hydrogen) atoms. The van der Waals surface area contributed by atoms with Gasteiger partial charge in [-0.25, -0.2) is 9.38 Å². The van der Waals surface area contributed by atoms with Gasteiger partial charge in [0.1, 0.15) is 11.6 Å². The highest BCUT2D eigenvalue weighted by molar-refractivity contribution is 9.10. The minimum Gasteiger partial charge on any atom is -0.495 e. The van der Waals surface area contributed by atoms with Crippen LogP contribution >= 0.6 is 15.9 Å². The molecule has 0 atom stereocenters. The summed E-state index contributed by atoms with van der Waals surface area (Å²) in [6, 6.07) is 9.80. The van der Waals surface area contributed by atoms with Crippen molar-refractivity contribution >= 4 is 44.6 Å². The summed E-state index contributed by atoms with van der Waals surface area (Å²) in [5.41, 5.74) is 13.8. The average molecular weight is 449 g/mol. The Morgan fingerprint density at radius 1 is 1.25 bits per heavy atom. The molecule has 4 N–H and O–H groups in total. The van der Waals surface area contributed by atoms with Crippen molar-refractivity contribution in [1.82, 2.24) is 0 Å². The molecule has 0 radical (unpaired) electrons. The van der Waals surface area contributed by atoms with Gasteiger partial charge in [-0.05, 0) is 59.1 Å². The molecule has 148 valence electrons. The van der Waals surface area contributed by atoms with Crippen LogP contribution < -0.4 is 21.1 Å². The topological polar surface area (TPSA) is 93.9 Å². The summed E-state index contributed by atoms with van der Waals surface area (Å²) in [4.78, 5) is 19.0. The number of ether oxygens (including phenoxy) is 1. The third-order valence-electron chi connectivity index (χ3n) is 4.82. The number of methoxy groups -OCH3 is 1. The molecule has 1 aliphatic rings. The van der Waals surface area contributed by atoms with Crippen molar-refractivity contribution in [3.63, 3.8) is 0 Å². The second-order valence-corrected chi connectivity index (χ2v) is 7.51. The van der Waals surface area contributed by atoms with Crippen LogP contribution in [-0.2, 0) is 4.79 Å². The molecule has 1 aliphatic heterocycles. The Kier molecular flexibility index (Phi) is 6.18. The molecule has 1 heterocycles. The second-order valence-electron chi connectivity index (χ2n) is 6.65. The third-order valence-corrected chi connectivity index (χ3v) is 5.42. The van der Waals surface area contributed by atoms with Crippen LogP contribution in [0.3, 0.4) is 0 Å². The Balaban J connectivity index is 1.66. The number of hydrogen-bond donors (Lipinski definition) is 2. The number of benzene rings is 2. The molecule has 1 saturated heterocycles. The lowest BCUT2D eigenvalue weighted by atomic mass is 9.91. The van der Waals surface area contributed by atoms with Crippen LogP contribution in [0.1, 0.15) is 12.8 Å². The molecule has 0 amide bonds. The summed E-state index contributed by atoms with van der Waals surface area (Å²) >= 11 is 3.10. The minimum absolute atomic E-state index is 0.0537. The molecule has 0 aromatic heterocycles. The van der Waals surface area contributed by atoms with Crippen molar-refractivity contribution in [2.75, 3.05) is 30.8 Å². The van der Waals surface area contributed by atoms with Gasteiger partial charge in [-0.2, -0.15) is 0 Å². The zero-order valence-corrected chi connectivity index (χ0v) is 17.1. The van der Waals surface area contributed by atoms with Crippen LogP contribution in [0.2, 0.25) is 0 Å². The molecule has 2 aromatic rings. The first-order chi connectivity index (χ1) is 13.4. The van der Waals surface area contributed by atoms with Gasteiger partial charge in [0.15, 0.2) is 5.84 Å². The fourth-order valence-corrected chi connectivity index (χ4v) is 3.66. The molecule has 0 unspecified atom stereocenters. The summed E-state index contributed by atoms with van der Waals surface area (Å²) in [6.45, 7) is 1.40. The van der Waals surface area contributed by atoms with Crippen molar-refractivity contribution in [3.8, 4) is 5.75 Å². The summed E-state index contributed by atoms with van der Waals surface area (Å²) in [7, 11) is 1.61. The lowest BCUT2D eigenvalue weighted by Gasteiger charge is -2.33. The average Bonchev–Trinajstić information content (AvgIpc) is 2.70. The third kappa shape index (κ3) is 4.44. The number of carbonyl (C=O) groups is 1. The number of halogens is 2. The van der Waals surface area contributed by atoms with Crippen molar-refractivity contribution in [1.29, 1.82) is 0 Å². The van der Waals surface area contributed by atoms with E-state index in [4.69, 9.17) is 16.2 Å². The van der Waals surface area contributed by atoms with Gasteiger partial charge in [-0.15, -0.1) is 0 Å². The number of nitrogens with zero attached hydrogens (tertiary/aromatic N) is 2. The number of piperidine rings is 1. The van der Waals surface area contributed by atoms with Gasteiger partial charge < -0.3 is 21.1 Å². The van der Waals surface area contributed by atoms with E-state index in [9.17, 15) is 9.18 Å². The molecular formula is C20H22BrFN4O2. The van der Waals surface area contributed by atoms with Crippen molar-refractivity contribution < 1.29 is 13.9 Å². The van der Waals surface area contributed by atoms with E-state index in [1.54, 1.807) is 13.2 Å². The quantitative estimate of drug-likeness (QED) is 0.413. The molecule has 0 spiro atoms. The monoisotopic (exact) mass is 448 g/mol. The van der Waals surface area contributed by atoms with E-state index < -0.39 is 5.82 Å². The van der Waals surface area contributed by atoms with E-state index in [1.807, 2.05) is 12.1 Å². The van der Waals surface area contributed by atoms with Crippen molar-refractivity contribution in [3.05, 3.63) is 46.7 Å². The smallest absolute Gasteiger partial charge is 0.200 e. The van der Waals surface area contributed by atoms with Crippen molar-refractivity contribution in [2.45, 2.75) is 12.8 Å². The van der Waals surface area contributed by atoms with Crippen LogP contribution in [0.15, 0.2) is 45.9 Å². The Hall–Kier alpha value is -2.61. The number of anilines is 2. The van der Waals surface area contributed by atoms with Crippen LogP contribution in [-0.4, -0.2) is 31.8 Å². The lowest BCUT2D eigenvalue weighted by molar-refractivity contribution is -0.117. The molecule has 0 aliphatic carbocycles. The van der Waals surface area contributed by atoms with Crippen molar-refractivity contribution in [2.24, 2.45) is 16.6 Å². The summed E-state index contributed by atoms with van der Waals surface area (Å²) in [5, 5.41) is 0. The fraction of sp³-hybridized carbons (Fsp3) is 0.300. The van der Waals surface area contributed by atoms with Gasteiger partial charge >= 0.3 is 0 Å². The SMILES string of the molecule is COc1cc(N)ccc1N1CCC(C(=O)C(N)=Nc2ccc(F)c(Br)c2)CC1. The maximum Gasteiger partial charge on any atom is 0.200 e. The highest BCUT2D eigenvalue weighted by atomic mass is 79.9. The summed E-state index contributed by atoms with van der Waals surface area (Å²) in [6.07, 6.45) is 1.32. The first-order valence-corrected chi connectivity index (χ1v) is 9.70. The normalized spacial score (nSPS) is 15.5. The number of ketones is 1. The van der Waals surface area contributed by atoms with Gasteiger partial charge in [-0.3, -0.25) is 4.79 Å². The molecule has 0 bridgehead atoms. The Morgan fingerprint density at radius 2 is 1.96 bits per heavy atom. The summed E-state index contributed by atoms with van der Waals surface area (Å²) in [5.74, 6) is -0.0999. The Morgan fingerprint density at radius 3 is 2.61 bits per heavy atom. The van der Waals surface area contributed by atoms with E-state index in [0.29, 0.717) is 43.1 Å². The van der Waals surface area contributed by atoms with Gasteiger partial charge in [0.2, 0.25) is 5.78 Å². The van der Waals surface area contributed by atoms with Gasteiger partial charge in [0.05, 0.1) is 23.0 Å². The molecule has 8 heteroatoms. The first-order valence-electron chi connectivity index (χ1n) is 8.91. The zero-order valence-electron chi connectivity index (χ0n) is 15.5. The first kappa shape index (κ1) is 20.1. The van der Waals surface area contributed by atoms with E-state index in [2.05, 4.69) is 25.8 Å². The number of rotatable bonds is 5. The highest BCUT2D eigenvalue weighted by Gasteiger charge is 2.28. The van der Waals surface area contributed by atoms with Crippen LogP contribution in [0, 0.1) is 11.7 Å².